The highest BCUT2D eigenvalue weighted by molar-refractivity contribution is 9.10. The Morgan fingerprint density at radius 1 is 1.17 bits per heavy atom. The molecule has 1 heterocycles. The molecule has 0 radical (unpaired) electrons. The van der Waals surface area contributed by atoms with Gasteiger partial charge in [-0.05, 0) is 51.9 Å². The molecule has 3 rings (SSSR count). The number of rotatable bonds is 3. The maximum absolute atomic E-state index is 6.34. The van der Waals surface area contributed by atoms with Crippen LogP contribution in [0.1, 0.15) is 29.6 Å². The highest BCUT2D eigenvalue weighted by Crippen LogP contribution is 2.53. The molecular weight excluding hydrogens is 288 g/mol. The number of nitrogens with two attached hydrogens (primary N) is 1. The van der Waals surface area contributed by atoms with E-state index >= 15 is 0 Å². The van der Waals surface area contributed by atoms with E-state index in [0.29, 0.717) is 11.8 Å². The minimum Gasteiger partial charge on any atom is -0.322 e. The Morgan fingerprint density at radius 3 is 2.67 bits per heavy atom. The summed E-state index contributed by atoms with van der Waals surface area (Å²) in [6, 6.07) is 14.5. The summed E-state index contributed by atoms with van der Waals surface area (Å²) in [4.78, 5) is 4.40. The van der Waals surface area contributed by atoms with E-state index in [1.165, 1.54) is 5.56 Å². The number of hydrogen-bond acceptors (Lipinski definition) is 2. The van der Waals surface area contributed by atoms with Crippen molar-refractivity contribution in [3.05, 3.63) is 64.4 Å². The fourth-order valence-electron chi connectivity index (χ4n) is 2.54. The lowest BCUT2D eigenvalue weighted by Gasteiger charge is -2.12. The van der Waals surface area contributed by atoms with Crippen molar-refractivity contribution in [2.45, 2.75) is 18.4 Å². The van der Waals surface area contributed by atoms with Crippen LogP contribution in [0.5, 0.6) is 0 Å². The zero-order chi connectivity index (χ0) is 12.5. The Morgan fingerprint density at radius 2 is 1.94 bits per heavy atom. The molecule has 18 heavy (non-hydrogen) atoms. The van der Waals surface area contributed by atoms with Crippen molar-refractivity contribution in [2.24, 2.45) is 11.7 Å². The third kappa shape index (κ3) is 2.20. The van der Waals surface area contributed by atoms with Crippen LogP contribution in [-0.4, -0.2) is 4.98 Å². The first-order valence-electron chi connectivity index (χ1n) is 6.18. The first kappa shape index (κ1) is 11.9. The third-order valence-electron chi connectivity index (χ3n) is 3.63. The molecule has 1 aliphatic carbocycles. The van der Waals surface area contributed by atoms with Crippen molar-refractivity contribution < 1.29 is 0 Å². The summed E-state index contributed by atoms with van der Waals surface area (Å²) in [6.07, 6.45) is 2.97. The van der Waals surface area contributed by atoms with Crippen LogP contribution < -0.4 is 5.73 Å². The van der Waals surface area contributed by atoms with Crippen LogP contribution in [0.4, 0.5) is 0 Å². The number of nitrogens with zero attached hydrogens (tertiary/aromatic N) is 1. The van der Waals surface area contributed by atoms with Gasteiger partial charge in [-0.25, -0.2) is 0 Å². The second-order valence-electron chi connectivity index (χ2n) is 4.81. The standard InChI is InChI=1S/C15H15BrN2/c16-13-7-4-8-18-15(13)14(17)12-9-11(12)10-5-2-1-3-6-10/h1-8,11-12,14H,9,17H2. The second-order valence-corrected chi connectivity index (χ2v) is 5.67. The smallest absolute Gasteiger partial charge is 0.0715 e. The molecule has 1 aromatic heterocycles. The third-order valence-corrected chi connectivity index (χ3v) is 4.30. The lowest BCUT2D eigenvalue weighted by Crippen LogP contribution is -2.15. The fourth-order valence-corrected chi connectivity index (χ4v) is 3.06. The second kappa shape index (κ2) is 4.82. The van der Waals surface area contributed by atoms with Crippen molar-refractivity contribution in [1.29, 1.82) is 0 Å². The van der Waals surface area contributed by atoms with Gasteiger partial charge >= 0.3 is 0 Å². The van der Waals surface area contributed by atoms with Gasteiger partial charge in [0.05, 0.1) is 11.7 Å². The van der Waals surface area contributed by atoms with Gasteiger partial charge in [-0.15, -0.1) is 0 Å². The summed E-state index contributed by atoms with van der Waals surface area (Å²) in [5, 5.41) is 0. The van der Waals surface area contributed by atoms with Crippen molar-refractivity contribution in [1.82, 2.24) is 4.98 Å². The van der Waals surface area contributed by atoms with Crippen LogP contribution in [0, 0.1) is 5.92 Å². The van der Waals surface area contributed by atoms with Crippen LogP contribution in [-0.2, 0) is 0 Å². The summed E-state index contributed by atoms with van der Waals surface area (Å²) in [6.45, 7) is 0. The fraction of sp³-hybridized carbons (Fsp3) is 0.267. The monoisotopic (exact) mass is 302 g/mol. The summed E-state index contributed by atoms with van der Waals surface area (Å²) < 4.78 is 1.01. The van der Waals surface area contributed by atoms with E-state index < -0.39 is 0 Å². The van der Waals surface area contributed by atoms with E-state index in [1.807, 2.05) is 12.1 Å². The Hall–Kier alpha value is -1.19. The molecule has 3 unspecified atom stereocenters. The van der Waals surface area contributed by atoms with Gasteiger partial charge in [0.2, 0.25) is 0 Å². The summed E-state index contributed by atoms with van der Waals surface area (Å²) >= 11 is 3.53. The van der Waals surface area contributed by atoms with Gasteiger partial charge in [-0.3, -0.25) is 4.98 Å². The lowest BCUT2D eigenvalue weighted by molar-refractivity contribution is 0.596. The van der Waals surface area contributed by atoms with E-state index in [9.17, 15) is 0 Å². The normalized spacial score (nSPS) is 23.7. The van der Waals surface area contributed by atoms with Gasteiger partial charge in [-0.2, -0.15) is 0 Å². The molecule has 2 aromatic rings. The first-order chi connectivity index (χ1) is 8.77. The zero-order valence-electron chi connectivity index (χ0n) is 9.96. The van der Waals surface area contributed by atoms with E-state index in [-0.39, 0.29) is 6.04 Å². The van der Waals surface area contributed by atoms with Gasteiger partial charge in [0.25, 0.3) is 0 Å². The molecule has 1 aliphatic rings. The first-order valence-corrected chi connectivity index (χ1v) is 6.97. The lowest BCUT2D eigenvalue weighted by atomic mass is 10.0. The summed E-state index contributed by atoms with van der Waals surface area (Å²) in [5.74, 6) is 1.11. The van der Waals surface area contributed by atoms with E-state index in [1.54, 1.807) is 6.20 Å². The molecular formula is C15H15BrN2. The molecule has 0 aliphatic heterocycles. The summed E-state index contributed by atoms with van der Waals surface area (Å²) in [5.41, 5.74) is 8.70. The highest BCUT2D eigenvalue weighted by Gasteiger charge is 2.43. The number of pyridine rings is 1. The van der Waals surface area contributed by atoms with Crippen LogP contribution in [0.2, 0.25) is 0 Å². The average molecular weight is 303 g/mol. The molecule has 0 spiro atoms. The maximum Gasteiger partial charge on any atom is 0.0715 e. The molecule has 92 valence electrons. The quantitative estimate of drug-likeness (QED) is 0.940. The van der Waals surface area contributed by atoms with Crippen molar-refractivity contribution >= 4 is 15.9 Å². The Bertz CT molecular complexity index is 541. The van der Waals surface area contributed by atoms with Crippen LogP contribution in [0.3, 0.4) is 0 Å². The average Bonchev–Trinajstić information content (AvgIpc) is 3.20. The minimum atomic E-state index is 0.0192. The predicted octanol–water partition coefficient (Wildman–Crippen LogP) is 3.65. The molecule has 2 nitrogen and oxygen atoms in total. The molecule has 3 atom stereocenters. The minimum absolute atomic E-state index is 0.0192. The number of halogens is 1. The topological polar surface area (TPSA) is 38.9 Å². The maximum atomic E-state index is 6.34. The molecule has 2 N–H and O–H groups in total. The molecule has 3 heteroatoms. The van der Waals surface area contributed by atoms with E-state index in [2.05, 4.69) is 51.2 Å². The van der Waals surface area contributed by atoms with Crippen LogP contribution >= 0.6 is 15.9 Å². The Labute approximate surface area is 115 Å². The van der Waals surface area contributed by atoms with Gasteiger partial charge in [0.15, 0.2) is 0 Å². The van der Waals surface area contributed by atoms with E-state index in [4.69, 9.17) is 5.73 Å². The van der Waals surface area contributed by atoms with Gasteiger partial charge in [0.1, 0.15) is 0 Å². The molecule has 0 saturated heterocycles. The molecule has 0 amide bonds. The highest BCUT2D eigenvalue weighted by atomic mass is 79.9. The zero-order valence-corrected chi connectivity index (χ0v) is 11.5. The van der Waals surface area contributed by atoms with Crippen molar-refractivity contribution in [3.8, 4) is 0 Å². The van der Waals surface area contributed by atoms with E-state index in [0.717, 1.165) is 16.6 Å². The molecule has 0 bridgehead atoms. The molecule has 1 saturated carbocycles. The van der Waals surface area contributed by atoms with Gasteiger partial charge in [-0.1, -0.05) is 30.3 Å². The van der Waals surface area contributed by atoms with Gasteiger partial charge < -0.3 is 5.73 Å². The Kier molecular flexibility index (Phi) is 3.18. The van der Waals surface area contributed by atoms with Crippen LogP contribution in [0.25, 0.3) is 0 Å². The number of hydrogen-bond donors (Lipinski definition) is 1. The largest absolute Gasteiger partial charge is 0.322 e. The van der Waals surface area contributed by atoms with Gasteiger partial charge in [0, 0.05) is 10.7 Å². The number of aromatic nitrogens is 1. The Balaban J connectivity index is 1.77. The summed E-state index contributed by atoms with van der Waals surface area (Å²) in [7, 11) is 0. The SMILES string of the molecule is NC(c1ncccc1Br)C1CC1c1ccccc1. The van der Waals surface area contributed by atoms with Crippen molar-refractivity contribution in [2.75, 3.05) is 0 Å². The van der Waals surface area contributed by atoms with Crippen molar-refractivity contribution in [3.63, 3.8) is 0 Å². The predicted molar refractivity (Wildman–Crippen MR) is 76.2 cm³/mol. The molecule has 1 aromatic carbocycles. The number of benzene rings is 1. The molecule has 1 fully saturated rings. The van der Waals surface area contributed by atoms with Crippen LogP contribution in [0.15, 0.2) is 53.1 Å².